The highest BCUT2D eigenvalue weighted by Crippen LogP contribution is 2.24. The van der Waals surface area contributed by atoms with Crippen LogP contribution in [-0.2, 0) is 4.74 Å². The number of hydrogen-bond acceptors (Lipinski definition) is 6. The van der Waals surface area contributed by atoms with Crippen LogP contribution in [0.4, 0.5) is 5.82 Å². The highest BCUT2D eigenvalue weighted by Gasteiger charge is 2.22. The Morgan fingerprint density at radius 3 is 2.59 bits per heavy atom. The number of nitrogens with one attached hydrogen (secondary N) is 1. The molecule has 1 atom stereocenters. The van der Waals surface area contributed by atoms with Gasteiger partial charge in [0.15, 0.2) is 5.82 Å². The fourth-order valence-corrected chi connectivity index (χ4v) is 3.76. The number of morpholine rings is 1. The third-order valence-corrected chi connectivity index (χ3v) is 5.32. The minimum atomic E-state index is 0.190. The minimum absolute atomic E-state index is 0.190. The molecule has 3 aromatic rings. The van der Waals surface area contributed by atoms with Gasteiger partial charge in [-0.05, 0) is 37.6 Å². The normalized spacial score (nSPS) is 16.0. The first-order chi connectivity index (χ1) is 14.1. The van der Waals surface area contributed by atoms with Crippen molar-refractivity contribution < 1.29 is 4.74 Å². The molecule has 29 heavy (non-hydrogen) atoms. The van der Waals surface area contributed by atoms with E-state index >= 15 is 0 Å². The molecule has 0 aliphatic carbocycles. The van der Waals surface area contributed by atoms with Gasteiger partial charge in [0.2, 0.25) is 0 Å². The van der Waals surface area contributed by atoms with Gasteiger partial charge in [-0.3, -0.25) is 9.88 Å². The Balaban J connectivity index is 1.53. The third-order valence-electron chi connectivity index (χ3n) is 5.07. The minimum Gasteiger partial charge on any atom is -0.379 e. The molecule has 0 spiro atoms. The number of nitrogens with zero attached hydrogens (tertiary/aromatic N) is 5. The smallest absolute Gasteiger partial charge is 0.174 e. The Morgan fingerprint density at radius 2 is 1.90 bits per heavy atom. The van der Waals surface area contributed by atoms with Gasteiger partial charge in [-0.1, -0.05) is 23.7 Å². The van der Waals surface area contributed by atoms with Crippen LogP contribution < -0.4 is 5.32 Å². The van der Waals surface area contributed by atoms with E-state index in [1.165, 1.54) is 5.56 Å². The average molecular weight is 413 g/mol. The van der Waals surface area contributed by atoms with Crippen LogP contribution in [0.1, 0.15) is 23.0 Å². The Morgan fingerprint density at radius 1 is 1.14 bits per heavy atom. The zero-order chi connectivity index (χ0) is 20.2. The first kappa shape index (κ1) is 19.8. The molecule has 1 saturated heterocycles. The van der Waals surface area contributed by atoms with E-state index in [0.717, 1.165) is 48.5 Å². The fourth-order valence-electron chi connectivity index (χ4n) is 3.64. The van der Waals surface area contributed by atoms with Crippen LogP contribution in [0.3, 0.4) is 0 Å². The average Bonchev–Trinajstić information content (AvgIpc) is 3.08. The van der Waals surface area contributed by atoms with Crippen molar-refractivity contribution in [3.05, 3.63) is 64.7 Å². The molecule has 1 fully saturated rings. The van der Waals surface area contributed by atoms with Crippen molar-refractivity contribution in [2.75, 3.05) is 38.2 Å². The van der Waals surface area contributed by atoms with Crippen molar-refractivity contribution in [3.63, 3.8) is 0 Å². The van der Waals surface area contributed by atoms with Gasteiger partial charge in [-0.15, -0.1) is 0 Å². The lowest BCUT2D eigenvalue weighted by Crippen LogP contribution is -2.41. The molecule has 2 aromatic heterocycles. The molecule has 8 heteroatoms. The monoisotopic (exact) mass is 412 g/mol. The van der Waals surface area contributed by atoms with Crippen LogP contribution in [0.5, 0.6) is 0 Å². The number of aryl methyl sites for hydroxylation is 2. The van der Waals surface area contributed by atoms with Crippen LogP contribution in [0.25, 0.3) is 5.82 Å². The molecule has 0 amide bonds. The quantitative estimate of drug-likeness (QED) is 0.669. The molecular weight excluding hydrogens is 388 g/mol. The number of aromatic nitrogens is 4. The van der Waals surface area contributed by atoms with E-state index in [4.69, 9.17) is 21.3 Å². The van der Waals surface area contributed by atoms with Gasteiger partial charge >= 0.3 is 0 Å². The van der Waals surface area contributed by atoms with Gasteiger partial charge < -0.3 is 10.1 Å². The summed E-state index contributed by atoms with van der Waals surface area (Å²) in [7, 11) is 0. The lowest BCUT2D eigenvalue weighted by atomic mass is 10.0. The summed E-state index contributed by atoms with van der Waals surface area (Å²) in [6.45, 7) is 7.97. The van der Waals surface area contributed by atoms with Crippen molar-refractivity contribution in [3.8, 4) is 5.82 Å². The SMILES string of the molecule is Cc1cc(C)n(-c2cncc(NCC(c3ccc(Cl)cc3)N3CCOCC3)n2)n1. The van der Waals surface area contributed by atoms with E-state index in [1.54, 1.807) is 12.4 Å². The molecule has 0 saturated carbocycles. The zero-order valence-electron chi connectivity index (χ0n) is 16.7. The van der Waals surface area contributed by atoms with Crippen LogP contribution >= 0.6 is 11.6 Å². The van der Waals surface area contributed by atoms with Crippen molar-refractivity contribution in [2.24, 2.45) is 0 Å². The number of ether oxygens (including phenoxy) is 1. The number of benzene rings is 1. The molecule has 1 aromatic carbocycles. The molecule has 1 N–H and O–H groups in total. The third kappa shape index (κ3) is 4.75. The van der Waals surface area contributed by atoms with E-state index in [2.05, 4.69) is 32.4 Å². The Hall–Kier alpha value is -2.48. The van der Waals surface area contributed by atoms with Crippen molar-refractivity contribution >= 4 is 17.4 Å². The van der Waals surface area contributed by atoms with E-state index in [0.29, 0.717) is 12.4 Å². The molecule has 7 nitrogen and oxygen atoms in total. The van der Waals surface area contributed by atoms with Crippen LogP contribution in [0.15, 0.2) is 42.7 Å². The predicted molar refractivity (Wildman–Crippen MR) is 114 cm³/mol. The van der Waals surface area contributed by atoms with Gasteiger partial charge in [0.1, 0.15) is 5.82 Å². The lowest BCUT2D eigenvalue weighted by Gasteiger charge is -2.35. The van der Waals surface area contributed by atoms with Gasteiger partial charge in [-0.2, -0.15) is 5.10 Å². The summed E-state index contributed by atoms with van der Waals surface area (Å²) in [5.41, 5.74) is 3.20. The number of hydrogen-bond donors (Lipinski definition) is 1. The molecular formula is C21H25ClN6O. The Bertz CT molecular complexity index is 952. The second-order valence-corrected chi connectivity index (χ2v) is 7.63. The molecule has 0 radical (unpaired) electrons. The van der Waals surface area contributed by atoms with E-state index in [-0.39, 0.29) is 6.04 Å². The fraction of sp³-hybridized carbons (Fsp3) is 0.381. The van der Waals surface area contributed by atoms with Crippen LogP contribution in [0.2, 0.25) is 5.02 Å². The maximum atomic E-state index is 6.09. The molecule has 0 bridgehead atoms. The van der Waals surface area contributed by atoms with Gasteiger partial charge in [0.05, 0.1) is 37.3 Å². The maximum Gasteiger partial charge on any atom is 0.174 e. The molecule has 3 heterocycles. The lowest BCUT2D eigenvalue weighted by molar-refractivity contribution is 0.0187. The second kappa shape index (κ2) is 8.90. The Kier molecular flexibility index (Phi) is 6.08. The van der Waals surface area contributed by atoms with Crippen molar-refractivity contribution in [1.82, 2.24) is 24.6 Å². The summed E-state index contributed by atoms with van der Waals surface area (Å²) in [5.74, 6) is 1.43. The van der Waals surface area contributed by atoms with Crippen molar-refractivity contribution in [2.45, 2.75) is 19.9 Å². The maximum absolute atomic E-state index is 6.09. The summed E-state index contributed by atoms with van der Waals surface area (Å²) >= 11 is 6.09. The standard InChI is InChI=1S/C21H25ClN6O/c1-15-11-16(2)28(26-15)21-14-23-13-20(25-21)24-12-19(27-7-9-29-10-8-27)17-3-5-18(22)6-4-17/h3-6,11,13-14,19H,7-10,12H2,1-2H3,(H,24,25). The van der Waals surface area contributed by atoms with Crippen LogP contribution in [0, 0.1) is 13.8 Å². The summed E-state index contributed by atoms with van der Waals surface area (Å²) in [4.78, 5) is 11.5. The molecule has 4 rings (SSSR count). The number of halogens is 1. The van der Waals surface area contributed by atoms with Gasteiger partial charge in [0, 0.05) is 30.4 Å². The highest BCUT2D eigenvalue weighted by molar-refractivity contribution is 6.30. The second-order valence-electron chi connectivity index (χ2n) is 7.20. The first-order valence-electron chi connectivity index (χ1n) is 9.77. The zero-order valence-corrected chi connectivity index (χ0v) is 17.4. The first-order valence-corrected chi connectivity index (χ1v) is 10.1. The summed E-state index contributed by atoms with van der Waals surface area (Å²) in [5, 5.41) is 8.70. The number of rotatable bonds is 6. The largest absolute Gasteiger partial charge is 0.379 e. The van der Waals surface area contributed by atoms with E-state index < -0.39 is 0 Å². The van der Waals surface area contributed by atoms with Gasteiger partial charge in [-0.25, -0.2) is 9.67 Å². The molecule has 152 valence electrons. The summed E-state index contributed by atoms with van der Waals surface area (Å²) in [6.07, 6.45) is 3.47. The highest BCUT2D eigenvalue weighted by atomic mass is 35.5. The summed E-state index contributed by atoms with van der Waals surface area (Å²) in [6, 6.07) is 10.3. The summed E-state index contributed by atoms with van der Waals surface area (Å²) < 4.78 is 7.34. The van der Waals surface area contributed by atoms with E-state index in [9.17, 15) is 0 Å². The van der Waals surface area contributed by atoms with Gasteiger partial charge in [0.25, 0.3) is 0 Å². The molecule has 1 aliphatic rings. The number of anilines is 1. The molecule has 1 unspecified atom stereocenters. The van der Waals surface area contributed by atoms with Crippen molar-refractivity contribution in [1.29, 1.82) is 0 Å². The molecule has 1 aliphatic heterocycles. The van der Waals surface area contributed by atoms with E-state index in [1.807, 2.05) is 36.7 Å². The predicted octanol–water partition coefficient (Wildman–Crippen LogP) is 3.42. The Labute approximate surface area is 175 Å². The topological polar surface area (TPSA) is 68.1 Å². The van der Waals surface area contributed by atoms with Crippen LogP contribution in [-0.4, -0.2) is 57.5 Å².